The predicted octanol–water partition coefficient (Wildman–Crippen LogP) is 0.165. The van der Waals surface area contributed by atoms with Gasteiger partial charge in [0, 0.05) is 7.11 Å². The van der Waals surface area contributed by atoms with Gasteiger partial charge in [0.25, 0.3) is 0 Å². The molecule has 0 aliphatic heterocycles. The fourth-order valence-electron chi connectivity index (χ4n) is 0.224. The molecule has 58 valence electrons. The van der Waals surface area contributed by atoms with Gasteiger partial charge in [-0.3, -0.25) is 4.57 Å². The van der Waals surface area contributed by atoms with Crippen LogP contribution in [-0.4, -0.2) is 19.7 Å². The van der Waals surface area contributed by atoms with E-state index >= 15 is 0 Å². The molecule has 0 atom stereocenters. The minimum atomic E-state index is -2.61. The second-order valence-electron chi connectivity index (χ2n) is 1.36. The second-order valence-corrected chi connectivity index (χ2v) is 4.09. The Morgan fingerprint density at radius 1 is 1.44 bits per heavy atom. The maximum absolute atomic E-state index is 10.8. The van der Waals surface area contributed by atoms with Gasteiger partial charge in [0.15, 0.2) is 0 Å². The highest BCUT2D eigenvalue weighted by Crippen LogP contribution is 2.41. The molecule has 0 fully saturated rings. The van der Waals surface area contributed by atoms with E-state index in [2.05, 4.69) is 4.52 Å². The largest absolute Gasteiger partial charge is 0.330 e. The third-order valence-electron chi connectivity index (χ3n) is 0.889. The molecule has 0 unspecified atom stereocenters. The summed E-state index contributed by atoms with van der Waals surface area (Å²) in [5, 5.41) is 0. The van der Waals surface area contributed by atoms with Crippen molar-refractivity contribution in [3.8, 4) is 0 Å². The molecule has 0 heterocycles. The Kier molecular flexibility index (Phi) is 7.01. The molecule has 0 amide bonds. The molecule has 0 radical (unpaired) electrons. The third-order valence-corrected chi connectivity index (χ3v) is 2.67. The van der Waals surface area contributed by atoms with Crippen molar-refractivity contribution in [2.45, 2.75) is 0 Å². The van der Waals surface area contributed by atoms with Crippen molar-refractivity contribution in [2.24, 2.45) is 11.5 Å². The maximum atomic E-state index is 10.8. The first kappa shape index (κ1) is 12.1. The van der Waals surface area contributed by atoms with Crippen molar-refractivity contribution in [3.05, 3.63) is 0 Å². The van der Waals surface area contributed by atoms with Gasteiger partial charge in [0.05, 0.1) is 12.6 Å². The monoisotopic (exact) mass is 174 g/mol. The summed E-state index contributed by atoms with van der Waals surface area (Å²) >= 11 is 0. The zero-order chi connectivity index (χ0) is 6.62. The normalized spacial score (nSPS) is 10.6. The van der Waals surface area contributed by atoms with Crippen molar-refractivity contribution in [2.75, 3.05) is 19.7 Å². The lowest BCUT2D eigenvalue weighted by Gasteiger charge is -2.08. The van der Waals surface area contributed by atoms with Crippen LogP contribution in [0.2, 0.25) is 0 Å². The van der Waals surface area contributed by atoms with E-state index in [9.17, 15) is 4.57 Å². The van der Waals surface area contributed by atoms with Crippen LogP contribution in [0, 0.1) is 0 Å². The fraction of sp³-hybridized carbons (Fsp3) is 1.00. The van der Waals surface area contributed by atoms with Crippen LogP contribution in [0.3, 0.4) is 0 Å². The lowest BCUT2D eigenvalue weighted by Crippen LogP contribution is -2.10. The fourth-order valence-corrected chi connectivity index (χ4v) is 0.671. The molecule has 0 aliphatic rings. The number of nitrogens with two attached hydrogens (primary N) is 2. The van der Waals surface area contributed by atoms with Gasteiger partial charge in [-0.25, -0.2) is 0 Å². The van der Waals surface area contributed by atoms with Crippen molar-refractivity contribution in [1.82, 2.24) is 0 Å². The number of hydrogen-bond donors (Lipinski definition) is 2. The highest BCUT2D eigenvalue weighted by atomic mass is 35.5. The summed E-state index contributed by atoms with van der Waals surface area (Å²) in [6.45, 7) is 0. The first-order chi connectivity index (χ1) is 3.68. The van der Waals surface area contributed by atoms with Gasteiger partial charge in [0.2, 0.25) is 7.37 Å². The van der Waals surface area contributed by atoms with E-state index in [1.807, 2.05) is 0 Å². The molecule has 0 bridgehead atoms. The topological polar surface area (TPSA) is 78.3 Å². The zero-order valence-electron chi connectivity index (χ0n) is 5.24. The van der Waals surface area contributed by atoms with E-state index in [1.54, 1.807) is 0 Å². The number of hydrogen-bond acceptors (Lipinski definition) is 4. The number of rotatable bonds is 3. The average molecular weight is 175 g/mol. The van der Waals surface area contributed by atoms with Crippen molar-refractivity contribution >= 4 is 19.8 Å². The number of halogens is 1. The first-order valence-electron chi connectivity index (χ1n) is 2.22. The highest BCUT2D eigenvalue weighted by Gasteiger charge is 2.14. The van der Waals surface area contributed by atoms with Gasteiger partial charge in [-0.05, 0) is 0 Å². The van der Waals surface area contributed by atoms with Crippen molar-refractivity contribution < 1.29 is 9.09 Å². The SMILES string of the molecule is COP(=O)(CN)CN.Cl. The molecule has 0 aromatic heterocycles. The lowest BCUT2D eigenvalue weighted by molar-refractivity contribution is 0.394. The molecule has 4 N–H and O–H groups in total. The molecule has 9 heavy (non-hydrogen) atoms. The standard InChI is InChI=1S/C3H11N2O2P.ClH/c1-7-8(6,2-4)3-5;/h2-5H2,1H3;1H. The first-order valence-corrected chi connectivity index (χ1v) is 4.22. The molecule has 0 saturated carbocycles. The van der Waals surface area contributed by atoms with Crippen LogP contribution in [-0.2, 0) is 9.09 Å². The van der Waals surface area contributed by atoms with Crippen LogP contribution in [0.25, 0.3) is 0 Å². The summed E-state index contributed by atoms with van der Waals surface area (Å²) in [4.78, 5) is 0. The average Bonchev–Trinajstić information content (AvgIpc) is 1.87. The van der Waals surface area contributed by atoms with E-state index in [1.165, 1.54) is 7.11 Å². The Morgan fingerprint density at radius 2 is 1.78 bits per heavy atom. The van der Waals surface area contributed by atoms with Gasteiger partial charge < -0.3 is 16.0 Å². The summed E-state index contributed by atoms with van der Waals surface area (Å²) in [6, 6.07) is 0. The Balaban J connectivity index is 0. The van der Waals surface area contributed by atoms with Gasteiger partial charge >= 0.3 is 0 Å². The maximum Gasteiger partial charge on any atom is 0.229 e. The van der Waals surface area contributed by atoms with Crippen LogP contribution in [0.4, 0.5) is 0 Å². The molecule has 0 spiro atoms. The summed E-state index contributed by atoms with van der Waals surface area (Å²) in [7, 11) is -1.26. The predicted molar refractivity (Wildman–Crippen MR) is 40.0 cm³/mol. The Hall–Kier alpha value is 0.400. The molecule has 0 aromatic carbocycles. The van der Waals surface area contributed by atoms with E-state index in [0.29, 0.717) is 0 Å². The minimum Gasteiger partial charge on any atom is -0.330 e. The van der Waals surface area contributed by atoms with Crippen molar-refractivity contribution in [3.63, 3.8) is 0 Å². The molecule has 0 aliphatic carbocycles. The third kappa shape index (κ3) is 3.89. The zero-order valence-corrected chi connectivity index (χ0v) is 6.95. The summed E-state index contributed by atoms with van der Waals surface area (Å²) in [5.41, 5.74) is 10.1. The van der Waals surface area contributed by atoms with Crippen LogP contribution >= 0.6 is 19.8 Å². The van der Waals surface area contributed by atoms with E-state index < -0.39 is 7.37 Å². The lowest BCUT2D eigenvalue weighted by atomic mass is 11.5. The van der Waals surface area contributed by atoms with Gasteiger partial charge in [-0.15, -0.1) is 12.4 Å². The molecule has 6 heteroatoms. The van der Waals surface area contributed by atoms with Crippen LogP contribution in [0.1, 0.15) is 0 Å². The van der Waals surface area contributed by atoms with E-state index in [-0.39, 0.29) is 25.0 Å². The minimum absolute atomic E-state index is 0. The summed E-state index contributed by atoms with van der Waals surface area (Å²) < 4.78 is 15.4. The van der Waals surface area contributed by atoms with Gasteiger partial charge in [-0.1, -0.05) is 0 Å². The molecule has 0 rings (SSSR count). The smallest absolute Gasteiger partial charge is 0.229 e. The molecule has 0 aromatic rings. The molecular weight excluding hydrogens is 162 g/mol. The molecule has 0 saturated heterocycles. The van der Waals surface area contributed by atoms with Gasteiger partial charge in [0.1, 0.15) is 0 Å². The summed E-state index contributed by atoms with van der Waals surface area (Å²) in [6.07, 6.45) is 0.0556. The van der Waals surface area contributed by atoms with Crippen LogP contribution < -0.4 is 11.5 Å². The van der Waals surface area contributed by atoms with Gasteiger partial charge in [-0.2, -0.15) is 0 Å². The van der Waals surface area contributed by atoms with Crippen molar-refractivity contribution in [1.29, 1.82) is 0 Å². The molecular formula is C3H12ClN2O2P. The Bertz CT molecular complexity index is 91.0. The summed E-state index contributed by atoms with van der Waals surface area (Å²) in [5.74, 6) is 0. The Morgan fingerprint density at radius 3 is 1.78 bits per heavy atom. The van der Waals surface area contributed by atoms with Crippen LogP contribution in [0.5, 0.6) is 0 Å². The van der Waals surface area contributed by atoms with E-state index in [0.717, 1.165) is 0 Å². The van der Waals surface area contributed by atoms with E-state index in [4.69, 9.17) is 11.5 Å². The van der Waals surface area contributed by atoms with Crippen LogP contribution in [0.15, 0.2) is 0 Å². The highest BCUT2D eigenvalue weighted by molar-refractivity contribution is 7.58. The molecule has 4 nitrogen and oxygen atoms in total. The quantitative estimate of drug-likeness (QED) is 0.598. The second kappa shape index (κ2) is 5.21. The Labute approximate surface area is 60.8 Å².